The normalized spacial score (nSPS) is 10.9. The van der Waals surface area contributed by atoms with E-state index < -0.39 is 5.97 Å². The van der Waals surface area contributed by atoms with Gasteiger partial charge in [0.25, 0.3) is 0 Å². The topological polar surface area (TPSA) is 51.5 Å². The number of phenols is 1. The van der Waals surface area contributed by atoms with Crippen molar-refractivity contribution >= 4 is 28.5 Å². The van der Waals surface area contributed by atoms with E-state index in [1.165, 1.54) is 0 Å². The summed E-state index contributed by atoms with van der Waals surface area (Å²) in [7, 11) is 0. The lowest BCUT2D eigenvalue weighted by molar-refractivity contribution is 0.0527. The molecule has 1 aromatic heterocycles. The zero-order chi connectivity index (χ0) is 16.6. The summed E-state index contributed by atoms with van der Waals surface area (Å²) in [5.74, 6) is -0.314. The molecule has 0 spiro atoms. The predicted molar refractivity (Wildman–Crippen MR) is 90.6 cm³/mol. The summed E-state index contributed by atoms with van der Waals surface area (Å²) in [6.07, 6.45) is 0. The Labute approximate surface area is 138 Å². The average molecular weight is 330 g/mol. The van der Waals surface area contributed by atoms with Crippen molar-refractivity contribution in [2.45, 2.75) is 13.8 Å². The molecule has 3 rings (SSSR count). The molecule has 0 radical (unpaired) electrons. The van der Waals surface area contributed by atoms with Gasteiger partial charge in [-0.25, -0.2) is 4.79 Å². The fourth-order valence-corrected chi connectivity index (χ4v) is 3.03. The highest BCUT2D eigenvalue weighted by Gasteiger charge is 2.22. The Hall–Kier alpha value is -2.46. The lowest BCUT2D eigenvalue weighted by Gasteiger charge is -2.10. The molecule has 2 aromatic carbocycles. The number of fused-ring (bicyclic) bond motifs is 1. The van der Waals surface area contributed by atoms with E-state index in [1.54, 1.807) is 31.2 Å². The van der Waals surface area contributed by atoms with Crippen molar-refractivity contribution in [3.8, 4) is 11.4 Å². The summed E-state index contributed by atoms with van der Waals surface area (Å²) >= 11 is 6.33. The second-order valence-corrected chi connectivity index (χ2v) is 5.58. The van der Waals surface area contributed by atoms with Gasteiger partial charge in [0.15, 0.2) is 0 Å². The van der Waals surface area contributed by atoms with Crippen LogP contribution in [0.3, 0.4) is 0 Å². The quantitative estimate of drug-likeness (QED) is 0.721. The second-order valence-electron chi connectivity index (χ2n) is 5.17. The van der Waals surface area contributed by atoms with Crippen molar-refractivity contribution in [3.63, 3.8) is 0 Å². The summed E-state index contributed by atoms with van der Waals surface area (Å²) in [5.41, 5.74) is 2.73. The third kappa shape index (κ3) is 2.55. The highest BCUT2D eigenvalue weighted by molar-refractivity contribution is 6.32. The summed E-state index contributed by atoms with van der Waals surface area (Å²) in [5, 5.41) is 11.0. The van der Waals surface area contributed by atoms with E-state index >= 15 is 0 Å². The smallest absolute Gasteiger partial charge is 0.340 e. The maximum Gasteiger partial charge on any atom is 0.340 e. The number of nitrogens with zero attached hydrogens (tertiary/aromatic N) is 1. The van der Waals surface area contributed by atoms with Gasteiger partial charge < -0.3 is 14.4 Å². The molecule has 0 bridgehead atoms. The number of hydrogen-bond acceptors (Lipinski definition) is 3. The molecule has 1 N–H and O–H groups in total. The molecule has 0 aliphatic carbocycles. The molecule has 23 heavy (non-hydrogen) atoms. The van der Waals surface area contributed by atoms with E-state index in [0.29, 0.717) is 16.0 Å². The summed E-state index contributed by atoms with van der Waals surface area (Å²) in [6, 6.07) is 12.3. The molecule has 4 nitrogen and oxygen atoms in total. The number of halogens is 1. The molecular weight excluding hydrogens is 314 g/mol. The minimum Gasteiger partial charge on any atom is -0.508 e. The van der Waals surface area contributed by atoms with Gasteiger partial charge in [0, 0.05) is 11.1 Å². The van der Waals surface area contributed by atoms with Crippen LogP contribution in [0.25, 0.3) is 16.6 Å². The Morgan fingerprint density at radius 2 is 2.00 bits per heavy atom. The zero-order valence-corrected chi connectivity index (χ0v) is 13.6. The van der Waals surface area contributed by atoms with E-state index in [0.717, 1.165) is 16.9 Å². The summed E-state index contributed by atoms with van der Waals surface area (Å²) in [4.78, 5) is 12.4. The number of aromatic hydroxyl groups is 1. The maximum absolute atomic E-state index is 12.4. The number of aromatic nitrogens is 1. The van der Waals surface area contributed by atoms with Crippen LogP contribution in [0.4, 0.5) is 0 Å². The predicted octanol–water partition coefficient (Wildman–Crippen LogP) is 4.47. The molecule has 118 valence electrons. The first kappa shape index (κ1) is 15.4. The minimum atomic E-state index is -0.411. The Bertz CT molecular complexity index is 899. The fraction of sp³-hybridized carbons (Fsp3) is 0.167. The number of carbonyl (C=O) groups is 1. The molecule has 5 heteroatoms. The van der Waals surface area contributed by atoms with Gasteiger partial charge in [0.1, 0.15) is 5.75 Å². The number of carbonyl (C=O) groups excluding carboxylic acids is 1. The van der Waals surface area contributed by atoms with Crippen LogP contribution >= 0.6 is 11.6 Å². The molecule has 1 heterocycles. The number of rotatable bonds is 3. The standard InChI is InChI=1S/C18H16ClNO3/c1-3-23-18(22)17-11(2)20(16-7-5-4-6-14(16)19)15-9-8-12(21)10-13(15)17/h4-10,21H,3H2,1-2H3. The average Bonchev–Trinajstić information content (AvgIpc) is 2.79. The van der Waals surface area contributed by atoms with Gasteiger partial charge >= 0.3 is 5.97 Å². The molecule has 0 amide bonds. The van der Waals surface area contributed by atoms with Crippen LogP contribution in [-0.2, 0) is 4.74 Å². The Balaban J connectivity index is 2.37. The van der Waals surface area contributed by atoms with E-state index in [2.05, 4.69) is 0 Å². The van der Waals surface area contributed by atoms with Crippen LogP contribution in [-0.4, -0.2) is 22.2 Å². The molecule has 0 atom stereocenters. The van der Waals surface area contributed by atoms with Gasteiger partial charge in [-0.15, -0.1) is 0 Å². The third-order valence-electron chi connectivity index (χ3n) is 3.76. The first-order chi connectivity index (χ1) is 11.0. The molecule has 0 aliphatic rings. The minimum absolute atomic E-state index is 0.0966. The van der Waals surface area contributed by atoms with Crippen LogP contribution in [0.5, 0.6) is 5.75 Å². The van der Waals surface area contributed by atoms with Gasteiger partial charge in [0.2, 0.25) is 0 Å². The van der Waals surface area contributed by atoms with Gasteiger partial charge in [0.05, 0.1) is 28.4 Å². The largest absolute Gasteiger partial charge is 0.508 e. The van der Waals surface area contributed by atoms with Crippen LogP contribution in [0.15, 0.2) is 42.5 Å². The molecular formula is C18H16ClNO3. The number of para-hydroxylation sites is 1. The number of phenolic OH excluding ortho intramolecular Hbond substituents is 1. The molecule has 0 unspecified atom stereocenters. The Morgan fingerprint density at radius 1 is 1.26 bits per heavy atom. The van der Waals surface area contributed by atoms with Crippen LogP contribution < -0.4 is 0 Å². The van der Waals surface area contributed by atoms with Gasteiger partial charge in [-0.3, -0.25) is 0 Å². The molecule has 3 aromatic rings. The number of ether oxygens (including phenoxy) is 1. The van der Waals surface area contributed by atoms with Crippen LogP contribution in [0, 0.1) is 6.92 Å². The highest BCUT2D eigenvalue weighted by Crippen LogP contribution is 2.34. The van der Waals surface area contributed by atoms with E-state index in [9.17, 15) is 9.90 Å². The van der Waals surface area contributed by atoms with Crippen molar-refractivity contribution in [3.05, 3.63) is 58.7 Å². The molecule has 0 aliphatic heterocycles. The van der Waals surface area contributed by atoms with E-state index in [-0.39, 0.29) is 12.4 Å². The number of esters is 1. The van der Waals surface area contributed by atoms with E-state index in [1.807, 2.05) is 29.7 Å². The van der Waals surface area contributed by atoms with Crippen LogP contribution in [0.1, 0.15) is 23.0 Å². The third-order valence-corrected chi connectivity index (χ3v) is 4.08. The molecule has 0 saturated heterocycles. The fourth-order valence-electron chi connectivity index (χ4n) is 2.81. The van der Waals surface area contributed by atoms with Gasteiger partial charge in [-0.1, -0.05) is 23.7 Å². The Morgan fingerprint density at radius 3 is 2.70 bits per heavy atom. The van der Waals surface area contributed by atoms with Gasteiger partial charge in [-0.05, 0) is 44.2 Å². The van der Waals surface area contributed by atoms with Crippen molar-refractivity contribution in [1.29, 1.82) is 0 Å². The first-order valence-corrected chi connectivity index (χ1v) is 7.68. The SMILES string of the molecule is CCOC(=O)c1c(C)n(-c2ccccc2Cl)c2ccc(O)cc12. The van der Waals surface area contributed by atoms with Crippen molar-refractivity contribution in [2.24, 2.45) is 0 Å². The lowest BCUT2D eigenvalue weighted by Crippen LogP contribution is -2.07. The van der Waals surface area contributed by atoms with Crippen molar-refractivity contribution in [1.82, 2.24) is 4.57 Å². The summed E-state index contributed by atoms with van der Waals surface area (Å²) < 4.78 is 7.08. The Kier molecular flexibility index (Phi) is 4.01. The molecule has 0 fully saturated rings. The van der Waals surface area contributed by atoms with Crippen molar-refractivity contribution < 1.29 is 14.6 Å². The first-order valence-electron chi connectivity index (χ1n) is 7.30. The lowest BCUT2D eigenvalue weighted by atomic mass is 10.1. The number of hydrogen-bond donors (Lipinski definition) is 1. The molecule has 0 saturated carbocycles. The maximum atomic E-state index is 12.4. The monoisotopic (exact) mass is 329 g/mol. The zero-order valence-electron chi connectivity index (χ0n) is 12.8. The van der Waals surface area contributed by atoms with Gasteiger partial charge in [-0.2, -0.15) is 0 Å². The van der Waals surface area contributed by atoms with Crippen molar-refractivity contribution in [2.75, 3.05) is 6.61 Å². The van der Waals surface area contributed by atoms with E-state index in [4.69, 9.17) is 16.3 Å². The summed E-state index contributed by atoms with van der Waals surface area (Å²) in [6.45, 7) is 3.89. The highest BCUT2D eigenvalue weighted by atomic mass is 35.5. The second kappa shape index (κ2) is 5.97. The number of benzene rings is 2. The van der Waals surface area contributed by atoms with Crippen LogP contribution in [0.2, 0.25) is 5.02 Å².